The van der Waals surface area contributed by atoms with E-state index in [1.807, 2.05) is 49.7 Å². The molecule has 3 aromatic rings. The second-order valence-electron chi connectivity index (χ2n) is 5.30. The third kappa shape index (κ3) is 3.49. The van der Waals surface area contributed by atoms with Crippen molar-refractivity contribution in [2.75, 3.05) is 6.26 Å². The SMILES string of the molecule is CSc1ccccc1C(=O)NCc1cncc(-c2ccnn2C)c1. The highest BCUT2D eigenvalue weighted by molar-refractivity contribution is 7.98. The lowest BCUT2D eigenvalue weighted by Gasteiger charge is -2.09. The van der Waals surface area contributed by atoms with E-state index in [1.54, 1.807) is 35.0 Å². The van der Waals surface area contributed by atoms with Gasteiger partial charge in [-0.05, 0) is 36.1 Å². The van der Waals surface area contributed by atoms with Crippen molar-refractivity contribution in [2.24, 2.45) is 7.05 Å². The van der Waals surface area contributed by atoms with Gasteiger partial charge in [0.15, 0.2) is 0 Å². The Hall–Kier alpha value is -2.60. The number of hydrogen-bond donors (Lipinski definition) is 1. The van der Waals surface area contributed by atoms with Gasteiger partial charge in [-0.3, -0.25) is 14.5 Å². The van der Waals surface area contributed by atoms with Gasteiger partial charge in [0.05, 0.1) is 11.3 Å². The molecule has 2 aromatic heterocycles. The molecule has 0 saturated carbocycles. The quantitative estimate of drug-likeness (QED) is 0.726. The minimum absolute atomic E-state index is 0.0779. The Balaban J connectivity index is 1.73. The first-order chi connectivity index (χ1) is 11.7. The lowest BCUT2D eigenvalue weighted by Crippen LogP contribution is -2.23. The first kappa shape index (κ1) is 16.3. The highest BCUT2D eigenvalue weighted by Gasteiger charge is 2.10. The zero-order valence-corrected chi connectivity index (χ0v) is 14.4. The zero-order valence-electron chi connectivity index (χ0n) is 13.6. The maximum absolute atomic E-state index is 12.4. The number of rotatable bonds is 5. The number of aryl methyl sites for hydroxylation is 1. The molecule has 3 rings (SSSR count). The summed E-state index contributed by atoms with van der Waals surface area (Å²) in [5, 5.41) is 7.13. The molecule has 0 saturated heterocycles. The van der Waals surface area contributed by atoms with Crippen molar-refractivity contribution in [2.45, 2.75) is 11.4 Å². The number of nitrogens with one attached hydrogen (secondary N) is 1. The van der Waals surface area contributed by atoms with E-state index in [-0.39, 0.29) is 5.91 Å². The Labute approximate surface area is 145 Å². The maximum Gasteiger partial charge on any atom is 0.252 e. The van der Waals surface area contributed by atoms with Crippen LogP contribution in [0.1, 0.15) is 15.9 Å². The maximum atomic E-state index is 12.4. The van der Waals surface area contributed by atoms with Crippen LogP contribution in [0, 0.1) is 0 Å². The number of amides is 1. The second-order valence-corrected chi connectivity index (χ2v) is 6.15. The highest BCUT2D eigenvalue weighted by atomic mass is 32.2. The van der Waals surface area contributed by atoms with Crippen molar-refractivity contribution < 1.29 is 4.79 Å². The van der Waals surface area contributed by atoms with Crippen LogP contribution in [0.5, 0.6) is 0 Å². The largest absolute Gasteiger partial charge is 0.348 e. The first-order valence-corrected chi connectivity index (χ1v) is 8.75. The van der Waals surface area contributed by atoms with Crippen LogP contribution in [0.2, 0.25) is 0 Å². The van der Waals surface area contributed by atoms with Gasteiger partial charge in [0.1, 0.15) is 0 Å². The molecular formula is C18H18N4OS. The molecular weight excluding hydrogens is 320 g/mol. The molecule has 0 aliphatic rings. The van der Waals surface area contributed by atoms with Gasteiger partial charge in [0.25, 0.3) is 5.91 Å². The number of carbonyl (C=O) groups excluding carboxylic acids is 1. The lowest BCUT2D eigenvalue weighted by molar-refractivity contribution is 0.0948. The Kier molecular flexibility index (Phi) is 4.96. The molecule has 0 fully saturated rings. The first-order valence-electron chi connectivity index (χ1n) is 7.52. The molecule has 0 bridgehead atoms. The van der Waals surface area contributed by atoms with Gasteiger partial charge >= 0.3 is 0 Å². The molecule has 5 nitrogen and oxygen atoms in total. The molecule has 0 atom stereocenters. The average Bonchev–Trinajstić information content (AvgIpc) is 3.06. The summed E-state index contributed by atoms with van der Waals surface area (Å²) >= 11 is 1.56. The van der Waals surface area contributed by atoms with Crippen LogP contribution in [0.25, 0.3) is 11.3 Å². The molecule has 0 aliphatic carbocycles. The van der Waals surface area contributed by atoms with Gasteiger partial charge in [0, 0.05) is 42.6 Å². The van der Waals surface area contributed by atoms with Crippen LogP contribution in [0.3, 0.4) is 0 Å². The van der Waals surface area contributed by atoms with Crippen molar-refractivity contribution in [1.29, 1.82) is 0 Å². The van der Waals surface area contributed by atoms with E-state index in [9.17, 15) is 4.79 Å². The molecule has 1 N–H and O–H groups in total. The van der Waals surface area contributed by atoms with Gasteiger partial charge in [-0.15, -0.1) is 11.8 Å². The summed E-state index contributed by atoms with van der Waals surface area (Å²) in [6.45, 7) is 0.431. The molecule has 0 aliphatic heterocycles. The van der Waals surface area contributed by atoms with E-state index in [1.165, 1.54) is 0 Å². The molecule has 0 radical (unpaired) electrons. The number of carbonyl (C=O) groups is 1. The fraction of sp³-hybridized carbons (Fsp3) is 0.167. The van der Waals surface area contributed by atoms with Crippen LogP contribution < -0.4 is 5.32 Å². The number of nitrogens with zero attached hydrogens (tertiary/aromatic N) is 3. The Bertz CT molecular complexity index is 859. The summed E-state index contributed by atoms with van der Waals surface area (Å²) < 4.78 is 1.80. The third-order valence-electron chi connectivity index (χ3n) is 3.72. The topological polar surface area (TPSA) is 59.8 Å². The van der Waals surface area contributed by atoms with Crippen LogP contribution in [-0.2, 0) is 13.6 Å². The van der Waals surface area contributed by atoms with Crippen molar-refractivity contribution in [3.63, 3.8) is 0 Å². The number of pyridine rings is 1. The predicted octanol–water partition coefficient (Wildman–Crippen LogP) is 3.13. The van der Waals surface area contributed by atoms with Gasteiger partial charge in [-0.2, -0.15) is 5.10 Å². The van der Waals surface area contributed by atoms with Crippen molar-refractivity contribution in [1.82, 2.24) is 20.1 Å². The number of benzene rings is 1. The number of hydrogen-bond acceptors (Lipinski definition) is 4. The summed E-state index contributed by atoms with van der Waals surface area (Å²) in [4.78, 5) is 17.6. The minimum Gasteiger partial charge on any atom is -0.348 e. The molecule has 0 unspecified atom stereocenters. The molecule has 1 aromatic carbocycles. The predicted molar refractivity (Wildman–Crippen MR) is 95.8 cm³/mol. The fourth-order valence-corrected chi connectivity index (χ4v) is 3.09. The molecule has 0 spiro atoms. The van der Waals surface area contributed by atoms with Gasteiger partial charge < -0.3 is 5.32 Å². The Morgan fingerprint density at radius 2 is 2.08 bits per heavy atom. The average molecular weight is 338 g/mol. The number of aromatic nitrogens is 3. The van der Waals surface area contributed by atoms with E-state index in [0.717, 1.165) is 21.7 Å². The fourth-order valence-electron chi connectivity index (χ4n) is 2.49. The van der Waals surface area contributed by atoms with Gasteiger partial charge in [0.2, 0.25) is 0 Å². The van der Waals surface area contributed by atoms with Crippen LogP contribution >= 0.6 is 11.8 Å². The molecule has 6 heteroatoms. The van der Waals surface area contributed by atoms with Gasteiger partial charge in [-0.1, -0.05) is 12.1 Å². The molecule has 122 valence electrons. The summed E-state index contributed by atoms with van der Waals surface area (Å²) in [6.07, 6.45) is 7.28. The van der Waals surface area contributed by atoms with Crippen molar-refractivity contribution in [3.8, 4) is 11.3 Å². The van der Waals surface area contributed by atoms with E-state index in [4.69, 9.17) is 0 Å². The van der Waals surface area contributed by atoms with Crippen molar-refractivity contribution >= 4 is 17.7 Å². The highest BCUT2D eigenvalue weighted by Crippen LogP contribution is 2.20. The molecule has 2 heterocycles. The van der Waals surface area contributed by atoms with Crippen LogP contribution in [-0.4, -0.2) is 26.9 Å². The zero-order chi connectivity index (χ0) is 16.9. The van der Waals surface area contributed by atoms with Gasteiger partial charge in [-0.25, -0.2) is 0 Å². The summed E-state index contributed by atoms with van der Waals surface area (Å²) in [6, 6.07) is 11.6. The van der Waals surface area contributed by atoms with Crippen LogP contribution in [0.4, 0.5) is 0 Å². The van der Waals surface area contributed by atoms with E-state index in [0.29, 0.717) is 12.1 Å². The summed E-state index contributed by atoms with van der Waals surface area (Å²) in [7, 11) is 1.89. The second kappa shape index (κ2) is 7.31. The smallest absolute Gasteiger partial charge is 0.252 e. The summed E-state index contributed by atoms with van der Waals surface area (Å²) in [5.41, 5.74) is 3.61. The molecule has 24 heavy (non-hydrogen) atoms. The van der Waals surface area contributed by atoms with E-state index >= 15 is 0 Å². The monoisotopic (exact) mass is 338 g/mol. The standard InChI is InChI=1S/C18H18N4OS/c1-22-16(7-8-21-22)14-9-13(10-19-12-14)11-20-18(23)15-5-3-4-6-17(15)24-2/h3-10,12H,11H2,1-2H3,(H,20,23). The van der Waals surface area contributed by atoms with Crippen molar-refractivity contribution in [3.05, 3.63) is 66.1 Å². The van der Waals surface area contributed by atoms with E-state index in [2.05, 4.69) is 15.4 Å². The van der Waals surface area contributed by atoms with E-state index < -0.39 is 0 Å². The number of thioether (sulfide) groups is 1. The Morgan fingerprint density at radius 3 is 2.83 bits per heavy atom. The molecule has 1 amide bonds. The lowest BCUT2D eigenvalue weighted by atomic mass is 10.1. The normalized spacial score (nSPS) is 10.6. The summed E-state index contributed by atoms with van der Waals surface area (Å²) in [5.74, 6) is -0.0779. The van der Waals surface area contributed by atoms with Crippen LogP contribution in [0.15, 0.2) is 59.9 Å². The Morgan fingerprint density at radius 1 is 1.25 bits per heavy atom. The third-order valence-corrected chi connectivity index (χ3v) is 4.51. The minimum atomic E-state index is -0.0779.